The average molecular weight is 612 g/mol. The molecule has 204 valence electrons. The van der Waals surface area contributed by atoms with E-state index in [4.69, 9.17) is 0 Å². The standard InChI is InChI=1S/C31H22BrN3O6/c1-17-15-22(35(40)41)11-12-23(17)34-30(38)25-24-16-20(28(36)18-5-3-2-4-6-18)13-14-33(24)27(26(25)31(34)39)29(37)19-7-9-21(32)10-8-19/h2-16,24-27H,1H3. The number of rotatable bonds is 6. The quantitative estimate of drug-likeness (QED) is 0.166. The number of ketones is 2. The van der Waals surface area contributed by atoms with Gasteiger partial charge in [-0.15, -0.1) is 0 Å². The molecule has 41 heavy (non-hydrogen) atoms. The van der Waals surface area contributed by atoms with E-state index in [2.05, 4.69) is 15.9 Å². The molecule has 2 saturated heterocycles. The Hall–Kier alpha value is -4.70. The lowest BCUT2D eigenvalue weighted by Crippen LogP contribution is -2.46. The third kappa shape index (κ3) is 4.31. The Morgan fingerprint density at radius 1 is 0.902 bits per heavy atom. The fraction of sp³-hybridized carbons (Fsp3) is 0.161. The lowest BCUT2D eigenvalue weighted by Gasteiger charge is -2.33. The molecule has 9 nitrogen and oxygen atoms in total. The highest BCUT2D eigenvalue weighted by Gasteiger charge is 2.63. The van der Waals surface area contributed by atoms with Gasteiger partial charge in [0.05, 0.1) is 28.5 Å². The number of carbonyl (C=O) groups excluding carboxylic acids is 4. The number of hydrogen-bond acceptors (Lipinski definition) is 7. The Bertz CT molecular complexity index is 1700. The molecule has 2 amide bonds. The van der Waals surface area contributed by atoms with Gasteiger partial charge in [-0.2, -0.15) is 0 Å². The number of nitro groups is 1. The van der Waals surface area contributed by atoms with Crippen molar-refractivity contribution in [2.45, 2.75) is 19.0 Å². The molecular formula is C31H22BrN3O6. The molecule has 0 saturated carbocycles. The van der Waals surface area contributed by atoms with Crippen LogP contribution in [0.3, 0.4) is 0 Å². The summed E-state index contributed by atoms with van der Waals surface area (Å²) in [5.74, 6) is -3.60. The first-order valence-corrected chi connectivity index (χ1v) is 13.7. The number of amides is 2. The van der Waals surface area contributed by atoms with E-state index in [1.807, 2.05) is 0 Å². The third-order valence-electron chi connectivity index (χ3n) is 7.88. The summed E-state index contributed by atoms with van der Waals surface area (Å²) in [7, 11) is 0. The summed E-state index contributed by atoms with van der Waals surface area (Å²) in [6, 6.07) is 17.7. The predicted molar refractivity (Wildman–Crippen MR) is 153 cm³/mol. The van der Waals surface area contributed by atoms with Gasteiger partial charge in [-0.3, -0.25) is 29.3 Å². The number of halogens is 1. The van der Waals surface area contributed by atoms with Gasteiger partial charge in [-0.05, 0) is 36.8 Å². The normalized spacial score (nSPS) is 22.8. The number of allylic oxidation sites excluding steroid dienone is 2. The van der Waals surface area contributed by atoms with E-state index in [1.165, 1.54) is 18.2 Å². The van der Waals surface area contributed by atoms with Gasteiger partial charge in [0.1, 0.15) is 6.04 Å². The Balaban J connectivity index is 1.44. The number of fused-ring (bicyclic) bond motifs is 3. The van der Waals surface area contributed by atoms with Crippen molar-refractivity contribution in [2.24, 2.45) is 11.8 Å². The first kappa shape index (κ1) is 26.5. The van der Waals surface area contributed by atoms with Gasteiger partial charge in [-0.25, -0.2) is 4.90 Å². The van der Waals surface area contributed by atoms with Crippen LogP contribution in [0.4, 0.5) is 11.4 Å². The molecule has 0 aromatic heterocycles. The van der Waals surface area contributed by atoms with E-state index in [0.717, 1.165) is 9.37 Å². The number of anilines is 1. The Kier molecular flexibility index (Phi) is 6.50. The molecule has 0 radical (unpaired) electrons. The third-order valence-corrected chi connectivity index (χ3v) is 8.40. The summed E-state index contributed by atoms with van der Waals surface area (Å²) in [6.45, 7) is 1.59. The van der Waals surface area contributed by atoms with E-state index in [-0.39, 0.29) is 22.9 Å². The van der Waals surface area contributed by atoms with E-state index >= 15 is 0 Å². The first-order valence-electron chi connectivity index (χ1n) is 12.9. The first-order chi connectivity index (χ1) is 19.7. The summed E-state index contributed by atoms with van der Waals surface area (Å²) in [4.78, 5) is 68.7. The Morgan fingerprint density at radius 3 is 2.24 bits per heavy atom. The van der Waals surface area contributed by atoms with Gasteiger partial charge in [0, 0.05) is 39.5 Å². The highest BCUT2D eigenvalue weighted by molar-refractivity contribution is 9.10. The van der Waals surface area contributed by atoms with Crippen molar-refractivity contribution in [2.75, 3.05) is 4.90 Å². The zero-order chi connectivity index (χ0) is 29.0. The van der Waals surface area contributed by atoms with Crippen molar-refractivity contribution in [1.29, 1.82) is 0 Å². The van der Waals surface area contributed by atoms with Crippen molar-refractivity contribution in [3.63, 3.8) is 0 Å². The molecule has 0 aliphatic carbocycles. The minimum absolute atomic E-state index is 0.163. The second-order valence-electron chi connectivity index (χ2n) is 10.2. The molecule has 3 aliphatic rings. The number of carbonyl (C=O) groups is 4. The molecular weight excluding hydrogens is 590 g/mol. The minimum atomic E-state index is -1.02. The molecule has 3 heterocycles. The number of aryl methyl sites for hydroxylation is 1. The van der Waals surface area contributed by atoms with E-state index in [0.29, 0.717) is 22.3 Å². The Labute approximate surface area is 243 Å². The van der Waals surface area contributed by atoms with Crippen LogP contribution in [0.5, 0.6) is 0 Å². The van der Waals surface area contributed by atoms with Gasteiger partial charge in [-0.1, -0.05) is 64.5 Å². The fourth-order valence-corrected chi connectivity index (χ4v) is 6.24. The topological polar surface area (TPSA) is 118 Å². The minimum Gasteiger partial charge on any atom is -0.359 e. The molecule has 10 heteroatoms. The molecule has 3 aliphatic heterocycles. The highest BCUT2D eigenvalue weighted by atomic mass is 79.9. The van der Waals surface area contributed by atoms with Crippen LogP contribution < -0.4 is 4.90 Å². The second kappa shape index (κ2) is 10.0. The number of imide groups is 1. The molecule has 0 bridgehead atoms. The van der Waals surface area contributed by atoms with Gasteiger partial charge in [0.25, 0.3) is 5.69 Å². The van der Waals surface area contributed by atoms with Crippen molar-refractivity contribution in [3.8, 4) is 0 Å². The van der Waals surface area contributed by atoms with Crippen LogP contribution in [0.1, 0.15) is 26.3 Å². The summed E-state index contributed by atoms with van der Waals surface area (Å²) < 4.78 is 0.785. The zero-order valence-electron chi connectivity index (χ0n) is 21.6. The lowest BCUT2D eigenvalue weighted by molar-refractivity contribution is -0.384. The number of benzene rings is 3. The summed E-state index contributed by atoms with van der Waals surface area (Å²) in [5, 5.41) is 11.3. The predicted octanol–water partition coefficient (Wildman–Crippen LogP) is 5.04. The second-order valence-corrected chi connectivity index (χ2v) is 11.1. The van der Waals surface area contributed by atoms with Crippen molar-refractivity contribution >= 4 is 50.7 Å². The molecule has 4 atom stereocenters. The monoisotopic (exact) mass is 611 g/mol. The molecule has 2 fully saturated rings. The number of Topliss-reactive ketones (excluding diaryl/α,β-unsaturated/α-hetero) is 2. The van der Waals surface area contributed by atoms with Crippen LogP contribution >= 0.6 is 15.9 Å². The maximum absolute atomic E-state index is 14.0. The van der Waals surface area contributed by atoms with E-state index < -0.39 is 40.7 Å². The number of hydrogen-bond donors (Lipinski definition) is 0. The maximum Gasteiger partial charge on any atom is 0.269 e. The van der Waals surface area contributed by atoms with E-state index in [1.54, 1.807) is 84.8 Å². The molecule has 3 aromatic carbocycles. The van der Waals surface area contributed by atoms with Crippen LogP contribution in [-0.2, 0) is 9.59 Å². The Morgan fingerprint density at radius 2 is 1.59 bits per heavy atom. The fourth-order valence-electron chi connectivity index (χ4n) is 5.98. The van der Waals surface area contributed by atoms with Gasteiger partial charge < -0.3 is 4.90 Å². The zero-order valence-corrected chi connectivity index (χ0v) is 23.2. The SMILES string of the molecule is Cc1cc([N+](=O)[O-])ccc1N1C(=O)C2C(C1=O)C(C(=O)c1ccc(Br)cc1)N1C=CC(C(=O)c3ccccc3)=CC21. The van der Waals surface area contributed by atoms with Crippen molar-refractivity contribution in [1.82, 2.24) is 4.90 Å². The van der Waals surface area contributed by atoms with Gasteiger partial charge >= 0.3 is 0 Å². The summed E-state index contributed by atoms with van der Waals surface area (Å²) >= 11 is 3.37. The van der Waals surface area contributed by atoms with E-state index in [9.17, 15) is 29.3 Å². The summed E-state index contributed by atoms with van der Waals surface area (Å²) in [5.41, 5.74) is 1.67. The number of non-ortho nitro benzene ring substituents is 1. The number of nitro benzene ring substituents is 1. The van der Waals surface area contributed by atoms with Crippen molar-refractivity contribution < 1.29 is 24.1 Å². The van der Waals surface area contributed by atoms with Crippen LogP contribution in [-0.4, -0.2) is 45.3 Å². The number of nitrogens with zero attached hydrogens (tertiary/aromatic N) is 3. The van der Waals surface area contributed by atoms with Crippen molar-refractivity contribution in [3.05, 3.63) is 128 Å². The van der Waals surface area contributed by atoms with Crippen LogP contribution in [0.2, 0.25) is 0 Å². The van der Waals surface area contributed by atoms with Crippen LogP contribution in [0.15, 0.2) is 101 Å². The maximum atomic E-state index is 14.0. The van der Waals surface area contributed by atoms with Gasteiger partial charge in [0.15, 0.2) is 11.6 Å². The summed E-state index contributed by atoms with van der Waals surface area (Å²) in [6.07, 6.45) is 4.91. The average Bonchev–Trinajstić information content (AvgIpc) is 3.44. The molecule has 6 rings (SSSR count). The molecule has 3 aromatic rings. The lowest BCUT2D eigenvalue weighted by atomic mass is 9.85. The van der Waals surface area contributed by atoms with Crippen LogP contribution in [0.25, 0.3) is 0 Å². The smallest absolute Gasteiger partial charge is 0.269 e. The molecule has 4 unspecified atom stereocenters. The highest BCUT2D eigenvalue weighted by Crippen LogP contribution is 2.47. The molecule has 0 N–H and O–H groups in total. The van der Waals surface area contributed by atoms with Gasteiger partial charge in [0.2, 0.25) is 11.8 Å². The van der Waals surface area contributed by atoms with Crippen LogP contribution in [0, 0.1) is 28.9 Å². The largest absolute Gasteiger partial charge is 0.359 e. The molecule has 0 spiro atoms.